The normalized spacial score (nSPS) is 18.9. The lowest BCUT2D eigenvalue weighted by atomic mass is 10.0. The van der Waals surface area contributed by atoms with E-state index >= 15 is 0 Å². The molecule has 1 N–H and O–H groups in total. The van der Waals surface area contributed by atoms with Crippen LogP contribution in [0.5, 0.6) is 0 Å². The van der Waals surface area contributed by atoms with Crippen molar-refractivity contribution >= 4 is 27.5 Å². The van der Waals surface area contributed by atoms with Crippen molar-refractivity contribution in [1.82, 2.24) is 10.2 Å². The lowest BCUT2D eigenvalue weighted by Crippen LogP contribution is -2.44. The molecule has 92 valence electrons. The number of halogens is 2. The number of nitrogens with one attached hydrogen (secondary N) is 1. The van der Waals surface area contributed by atoms with E-state index in [0.29, 0.717) is 0 Å². The van der Waals surface area contributed by atoms with E-state index in [2.05, 4.69) is 44.9 Å². The van der Waals surface area contributed by atoms with Gasteiger partial charge in [0.1, 0.15) is 0 Å². The van der Waals surface area contributed by atoms with E-state index in [4.69, 9.17) is 11.6 Å². The maximum absolute atomic E-state index is 6.02. The van der Waals surface area contributed by atoms with Crippen LogP contribution in [-0.2, 0) is 0 Å². The van der Waals surface area contributed by atoms with Gasteiger partial charge in [-0.25, -0.2) is 0 Å². The van der Waals surface area contributed by atoms with E-state index < -0.39 is 0 Å². The Balaban J connectivity index is 2.21. The van der Waals surface area contributed by atoms with Crippen molar-refractivity contribution in [2.75, 3.05) is 26.2 Å². The number of nitrogens with zero attached hydrogens (tertiary/aromatic N) is 1. The Kier molecular flexibility index (Phi) is 4.62. The SMILES string of the molecule is C=C[C@@H](c1ccc(Cl)c(Br)c1)N1CCNCC1. The molecule has 17 heavy (non-hydrogen) atoms. The van der Waals surface area contributed by atoms with Gasteiger partial charge in [0, 0.05) is 30.7 Å². The Hall–Kier alpha value is -0.350. The van der Waals surface area contributed by atoms with Crippen LogP contribution in [0.15, 0.2) is 35.3 Å². The monoisotopic (exact) mass is 314 g/mol. The van der Waals surface area contributed by atoms with Crippen LogP contribution in [0.2, 0.25) is 5.02 Å². The van der Waals surface area contributed by atoms with Crippen LogP contribution in [0, 0.1) is 0 Å². The lowest BCUT2D eigenvalue weighted by molar-refractivity contribution is 0.203. The predicted molar refractivity (Wildman–Crippen MR) is 76.5 cm³/mol. The summed E-state index contributed by atoms with van der Waals surface area (Å²) >= 11 is 9.49. The molecule has 0 bridgehead atoms. The van der Waals surface area contributed by atoms with E-state index in [0.717, 1.165) is 35.7 Å². The standard InChI is InChI=1S/C13H16BrClN2/c1-2-13(17-7-5-16-6-8-17)10-3-4-12(15)11(14)9-10/h2-4,9,13,16H,1,5-8H2/t13-/m0/s1. The highest BCUT2D eigenvalue weighted by Gasteiger charge is 2.19. The Morgan fingerprint density at radius 1 is 1.41 bits per heavy atom. The molecule has 1 aromatic rings. The first-order valence-electron chi connectivity index (χ1n) is 5.74. The topological polar surface area (TPSA) is 15.3 Å². The van der Waals surface area contributed by atoms with Crippen molar-refractivity contribution in [3.63, 3.8) is 0 Å². The van der Waals surface area contributed by atoms with Crippen LogP contribution in [-0.4, -0.2) is 31.1 Å². The number of hydrogen-bond donors (Lipinski definition) is 1. The molecular formula is C13H16BrClN2. The van der Waals surface area contributed by atoms with Crippen LogP contribution < -0.4 is 5.32 Å². The molecule has 1 saturated heterocycles. The average Bonchev–Trinajstić information content (AvgIpc) is 2.36. The second kappa shape index (κ2) is 6.01. The Morgan fingerprint density at radius 2 is 2.12 bits per heavy atom. The molecule has 1 heterocycles. The van der Waals surface area contributed by atoms with E-state index in [9.17, 15) is 0 Å². The molecule has 0 aromatic heterocycles. The van der Waals surface area contributed by atoms with Crippen LogP contribution in [0.25, 0.3) is 0 Å². The van der Waals surface area contributed by atoms with Crippen LogP contribution in [0.1, 0.15) is 11.6 Å². The van der Waals surface area contributed by atoms with E-state index in [1.165, 1.54) is 5.56 Å². The summed E-state index contributed by atoms with van der Waals surface area (Å²) in [5.74, 6) is 0. The molecule has 0 saturated carbocycles. The van der Waals surface area contributed by atoms with Crippen molar-refractivity contribution in [3.8, 4) is 0 Å². The molecule has 1 fully saturated rings. The number of benzene rings is 1. The van der Waals surface area contributed by atoms with Gasteiger partial charge in [-0.2, -0.15) is 0 Å². The van der Waals surface area contributed by atoms with Gasteiger partial charge in [0.25, 0.3) is 0 Å². The smallest absolute Gasteiger partial charge is 0.0548 e. The Morgan fingerprint density at radius 3 is 2.71 bits per heavy atom. The molecule has 0 spiro atoms. The van der Waals surface area contributed by atoms with Gasteiger partial charge in [-0.05, 0) is 33.6 Å². The van der Waals surface area contributed by atoms with Crippen LogP contribution in [0.4, 0.5) is 0 Å². The Bertz CT molecular complexity index is 402. The second-order valence-electron chi connectivity index (χ2n) is 4.14. The molecule has 1 aromatic carbocycles. The number of piperazine rings is 1. The molecule has 0 radical (unpaired) electrons. The first-order valence-corrected chi connectivity index (χ1v) is 6.91. The maximum Gasteiger partial charge on any atom is 0.0548 e. The summed E-state index contributed by atoms with van der Waals surface area (Å²) in [6, 6.07) is 6.35. The van der Waals surface area contributed by atoms with Crippen LogP contribution in [0.3, 0.4) is 0 Å². The molecule has 2 nitrogen and oxygen atoms in total. The fraction of sp³-hybridized carbons (Fsp3) is 0.385. The summed E-state index contributed by atoms with van der Waals surface area (Å²) in [6.07, 6.45) is 2.00. The maximum atomic E-state index is 6.02. The number of rotatable bonds is 3. The van der Waals surface area contributed by atoms with Gasteiger partial charge in [-0.1, -0.05) is 23.7 Å². The minimum atomic E-state index is 0.269. The summed E-state index contributed by atoms with van der Waals surface area (Å²) in [6.45, 7) is 8.14. The molecule has 4 heteroatoms. The van der Waals surface area contributed by atoms with Crippen molar-refractivity contribution in [2.45, 2.75) is 6.04 Å². The van der Waals surface area contributed by atoms with Gasteiger partial charge in [-0.15, -0.1) is 6.58 Å². The number of hydrogen-bond acceptors (Lipinski definition) is 2. The lowest BCUT2D eigenvalue weighted by Gasteiger charge is -2.33. The molecule has 1 aliphatic rings. The van der Waals surface area contributed by atoms with E-state index in [-0.39, 0.29) is 6.04 Å². The fourth-order valence-electron chi connectivity index (χ4n) is 2.15. The zero-order chi connectivity index (χ0) is 12.3. The van der Waals surface area contributed by atoms with Crippen molar-refractivity contribution in [3.05, 3.63) is 45.9 Å². The highest BCUT2D eigenvalue weighted by molar-refractivity contribution is 9.10. The van der Waals surface area contributed by atoms with E-state index in [1.54, 1.807) is 0 Å². The molecule has 2 rings (SSSR count). The minimum absolute atomic E-state index is 0.269. The summed E-state index contributed by atoms with van der Waals surface area (Å²) < 4.78 is 0.943. The van der Waals surface area contributed by atoms with Gasteiger partial charge in [-0.3, -0.25) is 4.90 Å². The first-order chi connectivity index (χ1) is 8.22. The summed E-state index contributed by atoms with van der Waals surface area (Å²) in [5.41, 5.74) is 1.23. The van der Waals surface area contributed by atoms with Gasteiger partial charge in [0.2, 0.25) is 0 Å². The highest BCUT2D eigenvalue weighted by Crippen LogP contribution is 2.29. The van der Waals surface area contributed by atoms with Crippen LogP contribution >= 0.6 is 27.5 Å². The zero-order valence-corrected chi connectivity index (χ0v) is 12.0. The largest absolute Gasteiger partial charge is 0.314 e. The summed E-state index contributed by atoms with van der Waals surface area (Å²) in [5, 5.41) is 4.11. The minimum Gasteiger partial charge on any atom is -0.314 e. The van der Waals surface area contributed by atoms with Crippen molar-refractivity contribution < 1.29 is 0 Å². The van der Waals surface area contributed by atoms with Gasteiger partial charge in [0.05, 0.1) is 11.1 Å². The quantitative estimate of drug-likeness (QED) is 0.862. The third-order valence-electron chi connectivity index (χ3n) is 3.05. The molecule has 0 unspecified atom stereocenters. The Labute approximate surface area is 116 Å². The molecule has 0 aliphatic carbocycles. The average molecular weight is 316 g/mol. The van der Waals surface area contributed by atoms with E-state index in [1.807, 2.05) is 12.1 Å². The van der Waals surface area contributed by atoms with Crippen molar-refractivity contribution in [2.24, 2.45) is 0 Å². The van der Waals surface area contributed by atoms with Gasteiger partial charge < -0.3 is 5.32 Å². The zero-order valence-electron chi connectivity index (χ0n) is 9.63. The molecular weight excluding hydrogens is 300 g/mol. The molecule has 0 amide bonds. The predicted octanol–water partition coefficient (Wildman–Crippen LogP) is 3.23. The summed E-state index contributed by atoms with van der Waals surface area (Å²) in [7, 11) is 0. The van der Waals surface area contributed by atoms with Crippen molar-refractivity contribution in [1.29, 1.82) is 0 Å². The highest BCUT2D eigenvalue weighted by atomic mass is 79.9. The third-order valence-corrected chi connectivity index (χ3v) is 4.27. The van der Waals surface area contributed by atoms with Gasteiger partial charge >= 0.3 is 0 Å². The second-order valence-corrected chi connectivity index (χ2v) is 5.40. The fourth-order valence-corrected chi connectivity index (χ4v) is 2.67. The van der Waals surface area contributed by atoms with Gasteiger partial charge in [0.15, 0.2) is 0 Å². The molecule has 1 aliphatic heterocycles. The third kappa shape index (κ3) is 3.10. The molecule has 1 atom stereocenters. The summed E-state index contributed by atoms with van der Waals surface area (Å²) in [4.78, 5) is 2.43. The first kappa shape index (κ1) is 13.1.